The largest absolute Gasteiger partial charge is 0.508 e. The van der Waals surface area contributed by atoms with Gasteiger partial charge in [-0.3, -0.25) is 38.4 Å². The SMILES string of the molecule is C[C@@H](O)[C@H](NC(=O)CNC(=O)[C@H](CC(N)=O)NC(=O)[C@H](CC(=O)O)NC(=O)[C@H](CO)NC(=O)[C@@H](N)Cc1ccc(O)cc1)C(=O)N[C@@H](Cc1ccccc1)C(=O)O. The molecule has 0 saturated heterocycles. The number of benzene rings is 2. The lowest BCUT2D eigenvalue weighted by Crippen LogP contribution is -2.60. The van der Waals surface area contributed by atoms with Crippen LogP contribution in [-0.2, 0) is 56.0 Å². The second-order valence-electron chi connectivity index (χ2n) is 12.7. The monoisotopic (exact) mass is 802 g/mol. The molecule has 0 heterocycles. The summed E-state index contributed by atoms with van der Waals surface area (Å²) in [5.74, 6) is -11.0. The van der Waals surface area contributed by atoms with Crippen molar-refractivity contribution in [1.29, 1.82) is 0 Å². The molecule has 22 heteroatoms. The fourth-order valence-corrected chi connectivity index (χ4v) is 5.02. The quantitative estimate of drug-likeness (QED) is 0.0500. The Kier molecular flexibility index (Phi) is 18.5. The molecule has 2 aromatic rings. The molecule has 15 N–H and O–H groups in total. The minimum Gasteiger partial charge on any atom is -0.508 e. The van der Waals surface area contributed by atoms with Crippen molar-refractivity contribution < 1.29 is 68.7 Å². The summed E-state index contributed by atoms with van der Waals surface area (Å²) < 4.78 is 0. The molecule has 0 saturated carbocycles. The normalized spacial score (nSPS) is 14.5. The third kappa shape index (κ3) is 16.3. The third-order valence-corrected chi connectivity index (χ3v) is 8.00. The van der Waals surface area contributed by atoms with Gasteiger partial charge in [-0.25, -0.2) is 4.79 Å². The van der Waals surface area contributed by atoms with Gasteiger partial charge in [0.15, 0.2) is 0 Å². The van der Waals surface area contributed by atoms with Crippen LogP contribution >= 0.6 is 0 Å². The zero-order valence-corrected chi connectivity index (χ0v) is 30.5. The average Bonchev–Trinajstić information content (AvgIpc) is 3.14. The molecule has 7 atom stereocenters. The number of nitrogens with one attached hydrogen (secondary N) is 6. The van der Waals surface area contributed by atoms with Gasteiger partial charge in [0, 0.05) is 6.42 Å². The summed E-state index contributed by atoms with van der Waals surface area (Å²) >= 11 is 0. The first kappa shape index (κ1) is 46.5. The Bertz CT molecular complexity index is 1760. The number of rotatable bonds is 23. The summed E-state index contributed by atoms with van der Waals surface area (Å²) in [5.41, 5.74) is 12.2. The summed E-state index contributed by atoms with van der Waals surface area (Å²) in [5, 5.41) is 61.1. The minimum absolute atomic E-state index is 0.0300. The van der Waals surface area contributed by atoms with Crippen LogP contribution in [0.15, 0.2) is 54.6 Å². The summed E-state index contributed by atoms with van der Waals surface area (Å²) in [6, 6.07) is 4.06. The van der Waals surface area contributed by atoms with Gasteiger partial charge in [0.25, 0.3) is 0 Å². The molecule has 0 unspecified atom stereocenters. The van der Waals surface area contributed by atoms with Crippen LogP contribution in [0.5, 0.6) is 5.75 Å². The number of carbonyl (C=O) groups is 9. The number of aromatic hydroxyl groups is 1. The van der Waals surface area contributed by atoms with E-state index in [-0.39, 0.29) is 18.6 Å². The van der Waals surface area contributed by atoms with Gasteiger partial charge in [-0.15, -0.1) is 0 Å². The molecule has 0 aliphatic heterocycles. The van der Waals surface area contributed by atoms with E-state index in [1.165, 1.54) is 24.3 Å². The third-order valence-electron chi connectivity index (χ3n) is 8.00. The number of nitrogens with two attached hydrogens (primary N) is 2. The number of aliphatic hydroxyl groups excluding tert-OH is 2. The Labute approximate surface area is 324 Å². The maximum Gasteiger partial charge on any atom is 0.326 e. The van der Waals surface area contributed by atoms with E-state index in [4.69, 9.17) is 11.5 Å². The Morgan fingerprint density at radius 2 is 1.18 bits per heavy atom. The summed E-state index contributed by atoms with van der Waals surface area (Å²) in [4.78, 5) is 113. The molecular formula is C35H46N8O14. The van der Waals surface area contributed by atoms with E-state index in [0.717, 1.165) is 6.92 Å². The highest BCUT2D eigenvalue weighted by atomic mass is 16.4. The van der Waals surface area contributed by atoms with Gasteiger partial charge in [-0.2, -0.15) is 0 Å². The zero-order chi connectivity index (χ0) is 42.8. The van der Waals surface area contributed by atoms with Gasteiger partial charge in [-0.1, -0.05) is 42.5 Å². The van der Waals surface area contributed by atoms with E-state index in [1.54, 1.807) is 30.3 Å². The number of hydrogen-bond donors (Lipinski definition) is 13. The average molecular weight is 803 g/mol. The molecule has 57 heavy (non-hydrogen) atoms. The van der Waals surface area contributed by atoms with Crippen molar-refractivity contribution in [1.82, 2.24) is 31.9 Å². The molecule has 0 aliphatic rings. The van der Waals surface area contributed by atoms with Gasteiger partial charge >= 0.3 is 11.9 Å². The van der Waals surface area contributed by atoms with E-state index in [0.29, 0.717) is 11.1 Å². The molecule has 2 rings (SSSR count). The van der Waals surface area contributed by atoms with Crippen molar-refractivity contribution in [2.24, 2.45) is 11.5 Å². The minimum atomic E-state index is -1.96. The van der Waals surface area contributed by atoms with Gasteiger partial charge in [0.1, 0.15) is 36.0 Å². The molecule has 0 radical (unpaired) electrons. The molecule has 310 valence electrons. The Balaban J connectivity index is 2.07. The first-order chi connectivity index (χ1) is 26.8. The summed E-state index contributed by atoms with van der Waals surface area (Å²) in [6.45, 7) is -0.813. The van der Waals surface area contributed by atoms with E-state index >= 15 is 0 Å². The van der Waals surface area contributed by atoms with Crippen LogP contribution < -0.4 is 43.4 Å². The van der Waals surface area contributed by atoms with E-state index in [1.807, 2.05) is 5.32 Å². The molecule has 0 bridgehead atoms. The molecule has 22 nitrogen and oxygen atoms in total. The Morgan fingerprint density at radius 1 is 0.649 bits per heavy atom. The van der Waals surface area contributed by atoms with E-state index < -0.39 is 122 Å². The topological polar surface area (TPSA) is 379 Å². The molecule has 2 aromatic carbocycles. The molecule has 0 spiro atoms. The van der Waals surface area contributed by atoms with Crippen LogP contribution in [0.25, 0.3) is 0 Å². The molecular weight excluding hydrogens is 756 g/mol. The van der Waals surface area contributed by atoms with E-state index in [9.17, 15) is 68.7 Å². The van der Waals surface area contributed by atoms with Crippen LogP contribution in [0.4, 0.5) is 0 Å². The number of phenolic OH excluding ortho intramolecular Hbond substituents is 1. The predicted octanol–water partition coefficient (Wildman–Crippen LogP) is -5.15. The number of aliphatic carboxylic acids is 2. The van der Waals surface area contributed by atoms with Crippen molar-refractivity contribution in [3.8, 4) is 5.75 Å². The van der Waals surface area contributed by atoms with Crippen LogP contribution in [0.3, 0.4) is 0 Å². The second kappa shape index (κ2) is 22.7. The van der Waals surface area contributed by atoms with Crippen LogP contribution in [0.1, 0.15) is 30.9 Å². The highest BCUT2D eigenvalue weighted by Crippen LogP contribution is 2.11. The Morgan fingerprint density at radius 3 is 1.70 bits per heavy atom. The van der Waals surface area contributed by atoms with Crippen LogP contribution in [0.2, 0.25) is 0 Å². The standard InChI is InChI=1S/C35H46N8O14/c1-17(45)29(34(55)41-24(35(56)57)12-18-5-3-2-4-6-18)43-27(48)15-38-31(52)22(13-26(37)47)39-32(53)23(14-28(49)50)40-33(54)25(16-44)42-30(51)21(36)11-19-7-9-20(46)10-8-19/h2-10,17,21-25,29,44-46H,11-16,36H2,1H3,(H2,37,47)(H,38,52)(H,39,53)(H,40,54)(H,41,55)(H,42,51)(H,43,48)(H,49,50)(H,56,57)/t17-,21+,22+,23+,24+,25+,29+/m1/s1. The molecule has 0 fully saturated rings. The molecule has 0 aliphatic carbocycles. The number of carboxylic acid groups (broad SMARTS) is 2. The van der Waals surface area contributed by atoms with Gasteiger partial charge in [-0.05, 0) is 36.6 Å². The number of aliphatic hydroxyl groups is 2. The van der Waals surface area contributed by atoms with Crippen LogP contribution in [0, 0.1) is 0 Å². The van der Waals surface area contributed by atoms with Crippen molar-refractivity contribution in [2.75, 3.05) is 13.2 Å². The number of phenols is 1. The lowest BCUT2D eigenvalue weighted by atomic mass is 10.0. The lowest BCUT2D eigenvalue weighted by molar-refractivity contribution is -0.143. The van der Waals surface area contributed by atoms with Gasteiger partial charge < -0.3 is 68.9 Å². The fraction of sp³-hybridized carbons (Fsp3) is 0.400. The van der Waals surface area contributed by atoms with E-state index in [2.05, 4.69) is 26.6 Å². The number of primary amides is 1. The van der Waals surface area contributed by atoms with Crippen molar-refractivity contribution in [2.45, 2.75) is 75.0 Å². The Hall–Kier alpha value is -6.65. The number of amides is 7. The highest BCUT2D eigenvalue weighted by Gasteiger charge is 2.33. The first-order valence-electron chi connectivity index (χ1n) is 17.2. The first-order valence-corrected chi connectivity index (χ1v) is 17.2. The number of hydrogen-bond acceptors (Lipinski definition) is 13. The number of carboxylic acids is 2. The van der Waals surface area contributed by atoms with Crippen molar-refractivity contribution in [3.05, 3.63) is 65.7 Å². The summed E-state index contributed by atoms with van der Waals surface area (Å²) in [7, 11) is 0. The fourth-order valence-electron chi connectivity index (χ4n) is 5.02. The van der Waals surface area contributed by atoms with Crippen molar-refractivity contribution >= 4 is 53.3 Å². The van der Waals surface area contributed by atoms with Gasteiger partial charge in [0.05, 0.1) is 38.1 Å². The second-order valence-corrected chi connectivity index (χ2v) is 12.7. The molecule has 0 aromatic heterocycles. The predicted molar refractivity (Wildman–Crippen MR) is 195 cm³/mol. The van der Waals surface area contributed by atoms with Crippen molar-refractivity contribution in [3.63, 3.8) is 0 Å². The summed E-state index contributed by atoms with van der Waals surface area (Å²) in [6.07, 6.45) is -3.70. The maximum absolute atomic E-state index is 13.2. The smallest absolute Gasteiger partial charge is 0.326 e. The van der Waals surface area contributed by atoms with Crippen LogP contribution in [-0.4, -0.2) is 134 Å². The highest BCUT2D eigenvalue weighted by molar-refractivity contribution is 5.98. The van der Waals surface area contributed by atoms with Gasteiger partial charge in [0.2, 0.25) is 41.4 Å². The number of carbonyl (C=O) groups excluding carboxylic acids is 7. The lowest BCUT2D eigenvalue weighted by Gasteiger charge is -2.25. The molecule has 7 amide bonds. The zero-order valence-electron chi connectivity index (χ0n) is 30.5. The maximum atomic E-state index is 13.2.